The van der Waals surface area contributed by atoms with Crippen LogP contribution < -0.4 is 15.3 Å². The lowest BCUT2D eigenvalue weighted by atomic mass is 9.98. The molecule has 0 saturated carbocycles. The quantitative estimate of drug-likeness (QED) is 0.392. The van der Waals surface area contributed by atoms with Crippen LogP contribution in [-0.2, 0) is 19.5 Å². The Kier molecular flexibility index (Phi) is 8.29. The van der Waals surface area contributed by atoms with Gasteiger partial charge in [0.25, 0.3) is 0 Å². The lowest BCUT2D eigenvalue weighted by Gasteiger charge is -2.29. The van der Waals surface area contributed by atoms with Crippen molar-refractivity contribution in [3.8, 4) is 0 Å². The number of hydroxylamine groups is 2. The van der Waals surface area contributed by atoms with Gasteiger partial charge >= 0.3 is 22.5 Å². The minimum absolute atomic E-state index is 0.0631. The molecule has 2 unspecified atom stereocenters. The van der Waals surface area contributed by atoms with Gasteiger partial charge in [-0.05, 0) is 32.9 Å². The molecular formula is C21H28N6O8S. The van der Waals surface area contributed by atoms with Crippen molar-refractivity contribution in [2.24, 2.45) is 0 Å². The van der Waals surface area contributed by atoms with E-state index in [9.17, 15) is 27.9 Å². The fourth-order valence-corrected chi connectivity index (χ4v) is 4.41. The molecule has 2 aliphatic heterocycles. The van der Waals surface area contributed by atoms with Gasteiger partial charge in [0, 0.05) is 17.4 Å². The number of anilines is 1. The Bertz CT molecular complexity index is 1210. The van der Waals surface area contributed by atoms with Gasteiger partial charge in [0.1, 0.15) is 12.1 Å². The summed E-state index contributed by atoms with van der Waals surface area (Å²) in [6.45, 7) is 10.2. The Morgan fingerprint density at radius 1 is 1.19 bits per heavy atom. The molecule has 14 nitrogen and oxygen atoms in total. The van der Waals surface area contributed by atoms with E-state index in [0.29, 0.717) is 10.8 Å². The SMILES string of the molecule is CC[NH+](CC)CC.O=C([O-])C1c2nn(C(=O)Nc3ccccc3)cc2C2CN1C(=O)N2OS(=O)(=O)O. The smallest absolute Gasteiger partial charge is 0.418 e. The van der Waals surface area contributed by atoms with E-state index in [0.717, 1.165) is 15.8 Å². The number of carboxylic acids is 1. The van der Waals surface area contributed by atoms with Gasteiger partial charge in [-0.2, -0.15) is 23.3 Å². The zero-order valence-corrected chi connectivity index (χ0v) is 20.8. The summed E-state index contributed by atoms with van der Waals surface area (Å²) in [6, 6.07) is 3.76. The lowest BCUT2D eigenvalue weighted by molar-refractivity contribution is -0.894. The van der Waals surface area contributed by atoms with Crippen molar-refractivity contribution in [2.45, 2.75) is 32.9 Å². The second-order valence-electron chi connectivity index (χ2n) is 8.02. The predicted molar refractivity (Wildman–Crippen MR) is 123 cm³/mol. The van der Waals surface area contributed by atoms with Crippen LogP contribution in [0.3, 0.4) is 0 Å². The van der Waals surface area contributed by atoms with Gasteiger partial charge in [-0.1, -0.05) is 18.2 Å². The van der Waals surface area contributed by atoms with Crippen molar-refractivity contribution in [1.29, 1.82) is 0 Å². The maximum absolute atomic E-state index is 12.5. The van der Waals surface area contributed by atoms with Crippen LogP contribution in [0.15, 0.2) is 36.5 Å². The molecule has 0 radical (unpaired) electrons. The standard InChI is InChI=1S/C15H13N5O8S.C6H15N/c21-13(22)12-11-9(10-7-18(12)15(24)20(10)28-29(25,26)27)6-19(17-11)14(23)16-8-4-2-1-3-5-8;1-4-7(5-2)6-3/h1-6,10,12H,7H2,(H,16,23)(H,21,22)(H,25,26,27);4-6H2,1-3H3. The third-order valence-electron chi connectivity index (χ3n) is 5.92. The molecule has 2 aromatic rings. The van der Waals surface area contributed by atoms with Crippen molar-refractivity contribution >= 4 is 34.1 Å². The average Bonchev–Trinajstić information content (AvgIpc) is 3.38. The fraction of sp³-hybridized carbons (Fsp3) is 0.429. The van der Waals surface area contributed by atoms with E-state index in [4.69, 9.17) is 4.55 Å². The number of fused-ring (bicyclic) bond motifs is 4. The van der Waals surface area contributed by atoms with Crippen molar-refractivity contribution in [3.63, 3.8) is 0 Å². The number of nitrogens with one attached hydrogen (secondary N) is 2. The summed E-state index contributed by atoms with van der Waals surface area (Å²) in [7, 11) is -5.06. The molecule has 3 amide bonds. The van der Waals surface area contributed by atoms with Crippen LogP contribution in [0.1, 0.15) is 44.1 Å². The maximum atomic E-state index is 12.5. The minimum atomic E-state index is -5.06. The summed E-state index contributed by atoms with van der Waals surface area (Å²) in [5, 5.41) is 18.5. The van der Waals surface area contributed by atoms with Gasteiger partial charge in [0.15, 0.2) is 0 Å². The van der Waals surface area contributed by atoms with Crippen LogP contribution in [0.4, 0.5) is 15.3 Å². The van der Waals surface area contributed by atoms with Gasteiger partial charge in [-0.3, -0.25) is 4.55 Å². The van der Waals surface area contributed by atoms with Crippen LogP contribution in [0.2, 0.25) is 0 Å². The second-order valence-corrected chi connectivity index (χ2v) is 9.03. The summed E-state index contributed by atoms with van der Waals surface area (Å²) in [5.74, 6) is -1.68. The monoisotopic (exact) mass is 524 g/mol. The highest BCUT2D eigenvalue weighted by atomic mass is 32.3. The summed E-state index contributed by atoms with van der Waals surface area (Å²) >= 11 is 0. The van der Waals surface area contributed by atoms with Gasteiger partial charge in [0.05, 0.1) is 37.8 Å². The van der Waals surface area contributed by atoms with E-state index in [1.54, 1.807) is 35.2 Å². The fourth-order valence-electron chi connectivity index (χ4n) is 4.04. The molecule has 2 bridgehead atoms. The summed E-state index contributed by atoms with van der Waals surface area (Å²) < 4.78 is 36.2. The number of aromatic nitrogens is 2. The molecule has 36 heavy (non-hydrogen) atoms. The number of rotatable bonds is 7. The van der Waals surface area contributed by atoms with Crippen molar-refractivity contribution in [1.82, 2.24) is 19.7 Å². The molecule has 0 spiro atoms. The number of nitrogens with zero attached hydrogens (tertiary/aromatic N) is 4. The third kappa shape index (κ3) is 5.81. The lowest BCUT2D eigenvalue weighted by Crippen LogP contribution is -3.11. The average molecular weight is 525 g/mol. The van der Waals surface area contributed by atoms with E-state index in [-0.39, 0.29) is 17.8 Å². The number of urea groups is 1. The highest BCUT2D eigenvalue weighted by Gasteiger charge is 2.52. The Morgan fingerprint density at radius 2 is 1.81 bits per heavy atom. The van der Waals surface area contributed by atoms with Gasteiger partial charge in [0.2, 0.25) is 0 Å². The highest BCUT2D eigenvalue weighted by Crippen LogP contribution is 2.43. The number of carboxylic acid groups (broad SMARTS) is 1. The number of aliphatic carboxylic acids is 1. The van der Waals surface area contributed by atoms with Crippen molar-refractivity contribution < 1.29 is 41.6 Å². The summed E-state index contributed by atoms with van der Waals surface area (Å²) in [5.41, 5.74) is 0.339. The number of carbonyl (C=O) groups excluding carboxylic acids is 3. The number of quaternary nitrogens is 1. The zero-order valence-electron chi connectivity index (χ0n) is 19.9. The first kappa shape index (κ1) is 27.1. The molecule has 15 heteroatoms. The van der Waals surface area contributed by atoms with Crippen LogP contribution in [-0.4, -0.2) is 76.9 Å². The van der Waals surface area contributed by atoms with Gasteiger partial charge in [-0.25, -0.2) is 9.59 Å². The van der Waals surface area contributed by atoms with Crippen LogP contribution in [0.25, 0.3) is 0 Å². The molecule has 4 rings (SSSR count). The van der Waals surface area contributed by atoms with Crippen molar-refractivity contribution in [3.05, 3.63) is 47.8 Å². The van der Waals surface area contributed by atoms with E-state index < -0.39 is 40.5 Å². The van der Waals surface area contributed by atoms with E-state index in [2.05, 4.69) is 35.5 Å². The molecule has 1 fully saturated rings. The molecule has 3 N–H and O–H groups in total. The summed E-state index contributed by atoms with van der Waals surface area (Å²) in [4.78, 5) is 38.9. The number of para-hydroxylation sites is 1. The van der Waals surface area contributed by atoms with Gasteiger partial charge in [-0.15, -0.1) is 4.28 Å². The van der Waals surface area contributed by atoms with E-state index in [1.807, 2.05) is 0 Å². The number of benzene rings is 1. The Balaban J connectivity index is 0.000000454. The number of hydrogen-bond donors (Lipinski definition) is 3. The molecule has 196 valence electrons. The highest BCUT2D eigenvalue weighted by molar-refractivity contribution is 7.80. The molecule has 2 atom stereocenters. The topological polar surface area (TPSA) is 179 Å². The first-order valence-electron chi connectivity index (χ1n) is 11.3. The van der Waals surface area contributed by atoms with Gasteiger partial charge < -0.3 is 25.0 Å². The summed E-state index contributed by atoms with van der Waals surface area (Å²) in [6.07, 6.45) is 1.16. The molecule has 1 aromatic carbocycles. The Morgan fingerprint density at radius 3 is 2.31 bits per heavy atom. The number of hydrogen-bond acceptors (Lipinski definition) is 8. The largest absolute Gasteiger partial charge is 0.547 e. The molecule has 2 aliphatic rings. The molecule has 0 aliphatic carbocycles. The van der Waals surface area contributed by atoms with Crippen LogP contribution >= 0.6 is 0 Å². The molecule has 1 saturated heterocycles. The molecular weight excluding hydrogens is 496 g/mol. The van der Waals surface area contributed by atoms with Crippen molar-refractivity contribution in [2.75, 3.05) is 31.5 Å². The zero-order chi connectivity index (χ0) is 26.6. The van der Waals surface area contributed by atoms with E-state index >= 15 is 0 Å². The minimum Gasteiger partial charge on any atom is -0.547 e. The molecule has 3 heterocycles. The third-order valence-corrected chi connectivity index (χ3v) is 6.27. The molecule has 1 aromatic heterocycles. The van der Waals surface area contributed by atoms with E-state index in [1.165, 1.54) is 19.6 Å². The number of carbonyl (C=O) groups is 3. The normalized spacial score (nSPS) is 18.5. The van der Waals surface area contributed by atoms with Crippen LogP contribution in [0, 0.1) is 0 Å². The number of amides is 3. The second kappa shape index (κ2) is 11.0. The Hall–Kier alpha value is -3.53. The Labute approximate surface area is 207 Å². The first-order valence-corrected chi connectivity index (χ1v) is 12.6. The maximum Gasteiger partial charge on any atom is 0.418 e. The predicted octanol–water partition coefficient (Wildman–Crippen LogP) is -0.788. The first-order chi connectivity index (χ1) is 17.0. The van der Waals surface area contributed by atoms with Crippen LogP contribution in [0.5, 0.6) is 0 Å².